The molecule has 1 saturated heterocycles. The maximum Gasteiger partial charge on any atom is 0.267 e. The van der Waals surface area contributed by atoms with Crippen LogP contribution in [0.2, 0.25) is 5.02 Å². The number of aryl methyl sites for hydroxylation is 1. The standard InChI is InChI=1S/C23H18ClN7OS/c1-13-5-2-3-8-17(13)31-22(29-16-7-4-6-15(24)19(16)23(31)32)18-10-33-12-30(18)21-14(9-25)20(26)27-11-28-21/h2-8,11,18H,10,12H2,1H3,(H2,26,27,28)/t18-/m0/s1. The van der Waals surface area contributed by atoms with Crippen molar-refractivity contribution in [2.24, 2.45) is 0 Å². The van der Waals surface area contributed by atoms with Crippen LogP contribution in [0.25, 0.3) is 16.6 Å². The lowest BCUT2D eigenvalue weighted by molar-refractivity contribution is 0.665. The number of nitrogens with zero attached hydrogens (tertiary/aromatic N) is 6. The summed E-state index contributed by atoms with van der Waals surface area (Å²) < 4.78 is 1.63. The van der Waals surface area contributed by atoms with Gasteiger partial charge in [0.2, 0.25) is 0 Å². The van der Waals surface area contributed by atoms with E-state index in [1.807, 2.05) is 36.1 Å². The largest absolute Gasteiger partial charge is 0.382 e. The molecule has 2 N–H and O–H groups in total. The monoisotopic (exact) mass is 475 g/mol. The Kier molecular flexibility index (Phi) is 5.40. The summed E-state index contributed by atoms with van der Waals surface area (Å²) >= 11 is 8.08. The molecule has 0 aliphatic carbocycles. The summed E-state index contributed by atoms with van der Waals surface area (Å²) in [6, 6.07) is 14.7. The van der Waals surface area contributed by atoms with E-state index in [-0.39, 0.29) is 23.0 Å². The summed E-state index contributed by atoms with van der Waals surface area (Å²) in [7, 11) is 0. The Morgan fingerprint density at radius 1 is 1.21 bits per heavy atom. The van der Waals surface area contributed by atoms with E-state index in [0.717, 1.165) is 11.3 Å². The minimum atomic E-state index is -0.327. The van der Waals surface area contributed by atoms with Crippen molar-refractivity contribution in [3.8, 4) is 11.8 Å². The molecule has 0 saturated carbocycles. The first kappa shape index (κ1) is 21.2. The first-order valence-electron chi connectivity index (χ1n) is 10.1. The van der Waals surface area contributed by atoms with Crippen LogP contribution in [0, 0.1) is 18.3 Å². The number of halogens is 1. The fourth-order valence-corrected chi connectivity index (χ4v) is 5.46. The van der Waals surface area contributed by atoms with Gasteiger partial charge in [-0.2, -0.15) is 5.26 Å². The zero-order valence-corrected chi connectivity index (χ0v) is 19.1. The molecule has 1 fully saturated rings. The summed E-state index contributed by atoms with van der Waals surface area (Å²) in [6.45, 7) is 1.95. The molecule has 3 heterocycles. The summed E-state index contributed by atoms with van der Waals surface area (Å²) in [6.07, 6.45) is 1.34. The van der Waals surface area contributed by atoms with E-state index < -0.39 is 0 Å². The molecule has 0 radical (unpaired) electrons. The predicted octanol–water partition coefficient (Wildman–Crippen LogP) is 3.84. The van der Waals surface area contributed by atoms with Crippen LogP contribution in [0.15, 0.2) is 53.6 Å². The van der Waals surface area contributed by atoms with Gasteiger partial charge in [-0.3, -0.25) is 9.36 Å². The average molecular weight is 476 g/mol. The summed E-state index contributed by atoms with van der Waals surface area (Å²) in [4.78, 5) is 29.0. The number of thioether (sulfide) groups is 1. The Morgan fingerprint density at radius 2 is 2.03 bits per heavy atom. The van der Waals surface area contributed by atoms with E-state index in [4.69, 9.17) is 22.3 Å². The van der Waals surface area contributed by atoms with Crippen molar-refractivity contribution in [3.05, 3.63) is 81.1 Å². The Balaban J connectivity index is 1.80. The topological polar surface area (TPSA) is 114 Å². The molecular formula is C23H18ClN7OS. The zero-order chi connectivity index (χ0) is 23.1. The molecule has 2 aromatic heterocycles. The van der Waals surface area contributed by atoms with Crippen LogP contribution in [0.4, 0.5) is 11.6 Å². The third-order valence-electron chi connectivity index (χ3n) is 5.65. The zero-order valence-electron chi connectivity index (χ0n) is 17.6. The van der Waals surface area contributed by atoms with Crippen LogP contribution in [0.3, 0.4) is 0 Å². The van der Waals surface area contributed by atoms with Crippen molar-refractivity contribution >= 4 is 45.9 Å². The van der Waals surface area contributed by atoms with Crippen molar-refractivity contribution in [3.63, 3.8) is 0 Å². The molecule has 0 bridgehead atoms. The van der Waals surface area contributed by atoms with Crippen molar-refractivity contribution in [2.45, 2.75) is 13.0 Å². The fraction of sp³-hybridized carbons (Fsp3) is 0.174. The smallest absolute Gasteiger partial charge is 0.267 e. The second kappa shape index (κ2) is 8.39. The lowest BCUT2D eigenvalue weighted by Crippen LogP contribution is -2.33. The summed E-state index contributed by atoms with van der Waals surface area (Å²) in [5.41, 5.74) is 8.09. The number of benzene rings is 2. The highest BCUT2D eigenvalue weighted by Gasteiger charge is 2.34. The van der Waals surface area contributed by atoms with E-state index in [9.17, 15) is 10.1 Å². The van der Waals surface area contributed by atoms with Crippen LogP contribution in [0.5, 0.6) is 0 Å². The second-order valence-corrected chi connectivity index (χ2v) is 8.99. The van der Waals surface area contributed by atoms with Gasteiger partial charge in [0.25, 0.3) is 5.56 Å². The molecule has 8 nitrogen and oxygen atoms in total. The predicted molar refractivity (Wildman–Crippen MR) is 131 cm³/mol. The number of aromatic nitrogens is 4. The second-order valence-electron chi connectivity index (χ2n) is 7.59. The lowest BCUT2D eigenvalue weighted by Gasteiger charge is -2.27. The number of anilines is 2. The Morgan fingerprint density at radius 3 is 2.82 bits per heavy atom. The minimum Gasteiger partial charge on any atom is -0.382 e. The van der Waals surface area contributed by atoms with E-state index in [1.165, 1.54) is 6.33 Å². The molecule has 1 aliphatic rings. The van der Waals surface area contributed by atoms with Crippen molar-refractivity contribution in [2.75, 3.05) is 22.3 Å². The normalized spacial score (nSPS) is 15.7. The number of fused-ring (bicyclic) bond motifs is 1. The van der Waals surface area contributed by atoms with Crippen molar-refractivity contribution < 1.29 is 0 Å². The molecular weight excluding hydrogens is 458 g/mol. The van der Waals surface area contributed by atoms with Crippen LogP contribution in [-0.4, -0.2) is 31.1 Å². The molecule has 33 heavy (non-hydrogen) atoms. The number of hydrogen-bond donors (Lipinski definition) is 1. The van der Waals surface area contributed by atoms with E-state index >= 15 is 0 Å². The molecule has 164 valence electrons. The van der Waals surface area contributed by atoms with Gasteiger partial charge in [0.05, 0.1) is 33.5 Å². The number of nitrogen functional groups attached to an aromatic ring is 1. The maximum atomic E-state index is 13.8. The quantitative estimate of drug-likeness (QED) is 0.475. The molecule has 1 atom stereocenters. The first-order chi connectivity index (χ1) is 16.0. The summed E-state index contributed by atoms with van der Waals surface area (Å²) in [5.74, 6) is 2.31. The third kappa shape index (κ3) is 3.48. The van der Waals surface area contributed by atoms with E-state index in [2.05, 4.69) is 16.0 Å². The third-order valence-corrected chi connectivity index (χ3v) is 6.98. The average Bonchev–Trinajstić information content (AvgIpc) is 3.29. The van der Waals surface area contributed by atoms with Crippen LogP contribution < -0.4 is 16.2 Å². The Labute approximate surface area is 198 Å². The van der Waals surface area contributed by atoms with Crippen LogP contribution >= 0.6 is 23.4 Å². The molecule has 1 aliphatic heterocycles. The van der Waals surface area contributed by atoms with E-state index in [1.54, 1.807) is 34.5 Å². The van der Waals surface area contributed by atoms with Crippen molar-refractivity contribution in [1.29, 1.82) is 5.26 Å². The van der Waals surface area contributed by atoms with Gasteiger partial charge in [-0.05, 0) is 30.7 Å². The minimum absolute atomic E-state index is 0.118. The Hall–Kier alpha value is -3.61. The van der Waals surface area contributed by atoms with E-state index in [0.29, 0.717) is 39.2 Å². The number of hydrogen-bond acceptors (Lipinski definition) is 8. The van der Waals surface area contributed by atoms with Gasteiger partial charge in [0.1, 0.15) is 29.6 Å². The molecule has 0 spiro atoms. The van der Waals surface area contributed by atoms with Gasteiger partial charge < -0.3 is 10.6 Å². The number of nitrogens with two attached hydrogens (primary N) is 1. The SMILES string of the molecule is Cc1ccccc1-n1c([C@@H]2CSCN2c2ncnc(N)c2C#N)nc2cccc(Cl)c2c1=O. The van der Waals surface area contributed by atoms with Crippen LogP contribution in [-0.2, 0) is 0 Å². The van der Waals surface area contributed by atoms with Crippen LogP contribution in [0.1, 0.15) is 23.0 Å². The number of para-hydroxylation sites is 1. The molecule has 2 aromatic carbocycles. The lowest BCUT2D eigenvalue weighted by atomic mass is 10.1. The highest BCUT2D eigenvalue weighted by molar-refractivity contribution is 7.99. The molecule has 0 unspecified atom stereocenters. The number of nitriles is 1. The van der Waals surface area contributed by atoms with Gasteiger partial charge >= 0.3 is 0 Å². The molecule has 0 amide bonds. The van der Waals surface area contributed by atoms with Crippen molar-refractivity contribution in [1.82, 2.24) is 19.5 Å². The van der Waals surface area contributed by atoms with Gasteiger partial charge in [-0.1, -0.05) is 35.9 Å². The maximum absolute atomic E-state index is 13.8. The highest BCUT2D eigenvalue weighted by atomic mass is 35.5. The summed E-state index contributed by atoms with van der Waals surface area (Å²) in [5, 5.41) is 10.4. The first-order valence-corrected chi connectivity index (χ1v) is 11.7. The molecule has 4 aromatic rings. The molecule has 5 rings (SSSR count). The van der Waals surface area contributed by atoms with Gasteiger partial charge in [-0.25, -0.2) is 15.0 Å². The fourth-order valence-electron chi connectivity index (χ4n) is 4.06. The number of rotatable bonds is 3. The highest BCUT2D eigenvalue weighted by Crippen LogP contribution is 2.38. The molecule has 10 heteroatoms. The van der Waals surface area contributed by atoms with Gasteiger partial charge in [0.15, 0.2) is 5.82 Å². The van der Waals surface area contributed by atoms with Gasteiger partial charge in [-0.15, -0.1) is 11.8 Å². The Bertz CT molecular complexity index is 1500. The van der Waals surface area contributed by atoms with Gasteiger partial charge in [0, 0.05) is 5.75 Å².